The molecule has 1 amide bonds. The van der Waals surface area contributed by atoms with Crippen molar-refractivity contribution in [3.63, 3.8) is 0 Å². The second kappa shape index (κ2) is 5.75. The Kier molecular flexibility index (Phi) is 4.93. The molecule has 1 unspecified atom stereocenters. The molecule has 0 aromatic heterocycles. The van der Waals surface area contributed by atoms with Crippen LogP contribution in [0.2, 0.25) is 0 Å². The fourth-order valence-corrected chi connectivity index (χ4v) is 2.78. The maximum Gasteiger partial charge on any atom is 0.238 e. The van der Waals surface area contributed by atoms with Gasteiger partial charge >= 0.3 is 0 Å². The average Bonchev–Trinajstić information content (AvgIpc) is 2.18. The first-order valence-electron chi connectivity index (χ1n) is 5.68. The van der Waals surface area contributed by atoms with Crippen molar-refractivity contribution in [2.45, 2.75) is 45.2 Å². The van der Waals surface area contributed by atoms with E-state index in [-0.39, 0.29) is 17.5 Å². The van der Waals surface area contributed by atoms with Gasteiger partial charge in [-0.1, -0.05) is 13.3 Å². The van der Waals surface area contributed by atoms with Gasteiger partial charge in [0, 0.05) is 23.6 Å². The maximum absolute atomic E-state index is 11.9. The number of thioether (sulfide) groups is 1. The van der Waals surface area contributed by atoms with Gasteiger partial charge in [-0.3, -0.25) is 4.79 Å². The monoisotopic (exact) mass is 230 g/mol. The molecule has 0 bridgehead atoms. The van der Waals surface area contributed by atoms with Gasteiger partial charge < -0.3 is 10.6 Å². The Bertz CT molecular complexity index is 213. The fraction of sp³-hybridized carbons (Fsp3) is 0.909. The van der Waals surface area contributed by atoms with Crippen LogP contribution in [0, 0.1) is 0 Å². The van der Waals surface area contributed by atoms with E-state index in [1.807, 2.05) is 11.8 Å². The van der Waals surface area contributed by atoms with Crippen LogP contribution in [-0.2, 0) is 4.79 Å². The molecule has 3 nitrogen and oxygen atoms in total. The van der Waals surface area contributed by atoms with Crippen molar-refractivity contribution in [1.82, 2.24) is 10.6 Å². The van der Waals surface area contributed by atoms with E-state index in [0.29, 0.717) is 0 Å². The third kappa shape index (κ3) is 4.43. The Morgan fingerprint density at radius 1 is 1.60 bits per heavy atom. The Balaban J connectivity index is 2.39. The smallest absolute Gasteiger partial charge is 0.238 e. The van der Waals surface area contributed by atoms with Gasteiger partial charge in [-0.15, -0.1) is 0 Å². The summed E-state index contributed by atoms with van der Waals surface area (Å²) < 4.78 is 0. The molecular formula is C11H22N2OS. The number of carbonyl (C=O) groups excluding carboxylic acids is 1. The first-order valence-corrected chi connectivity index (χ1v) is 6.84. The van der Waals surface area contributed by atoms with Crippen LogP contribution in [0.3, 0.4) is 0 Å². The van der Waals surface area contributed by atoms with Crippen LogP contribution >= 0.6 is 11.8 Å². The van der Waals surface area contributed by atoms with Gasteiger partial charge in [0.15, 0.2) is 0 Å². The molecule has 15 heavy (non-hydrogen) atoms. The van der Waals surface area contributed by atoms with E-state index in [9.17, 15) is 4.79 Å². The topological polar surface area (TPSA) is 41.1 Å². The standard InChI is InChI=1S/C11H22N2OS/c1-4-5-11(2,3)13-10(14)9-8-15-7-6-12-9/h9,12H,4-8H2,1-3H3,(H,13,14). The van der Waals surface area contributed by atoms with Crippen molar-refractivity contribution in [2.24, 2.45) is 0 Å². The highest BCUT2D eigenvalue weighted by Crippen LogP contribution is 2.13. The van der Waals surface area contributed by atoms with Crippen LogP contribution in [0.4, 0.5) is 0 Å². The second-order valence-electron chi connectivity index (χ2n) is 4.70. The lowest BCUT2D eigenvalue weighted by atomic mass is 9.98. The number of hydrogen-bond acceptors (Lipinski definition) is 3. The zero-order valence-electron chi connectivity index (χ0n) is 9.93. The Hall–Kier alpha value is -0.220. The van der Waals surface area contributed by atoms with E-state index >= 15 is 0 Å². The molecule has 0 aromatic carbocycles. The lowest BCUT2D eigenvalue weighted by molar-refractivity contribution is -0.124. The quantitative estimate of drug-likeness (QED) is 0.767. The summed E-state index contributed by atoms with van der Waals surface area (Å²) in [5, 5.41) is 6.36. The Morgan fingerprint density at radius 2 is 2.33 bits per heavy atom. The van der Waals surface area contributed by atoms with Crippen LogP contribution in [0.25, 0.3) is 0 Å². The third-order valence-corrected chi connectivity index (χ3v) is 3.64. The average molecular weight is 230 g/mol. The largest absolute Gasteiger partial charge is 0.350 e. The molecule has 0 radical (unpaired) electrons. The third-order valence-electron chi connectivity index (χ3n) is 2.57. The number of hydrogen-bond donors (Lipinski definition) is 2. The van der Waals surface area contributed by atoms with E-state index < -0.39 is 0 Å². The van der Waals surface area contributed by atoms with Crippen molar-refractivity contribution >= 4 is 17.7 Å². The van der Waals surface area contributed by atoms with Crippen molar-refractivity contribution in [1.29, 1.82) is 0 Å². The van der Waals surface area contributed by atoms with Crippen LogP contribution in [0.1, 0.15) is 33.6 Å². The summed E-state index contributed by atoms with van der Waals surface area (Å²) in [4.78, 5) is 11.9. The van der Waals surface area contributed by atoms with Gasteiger partial charge in [-0.25, -0.2) is 0 Å². The van der Waals surface area contributed by atoms with Crippen molar-refractivity contribution in [2.75, 3.05) is 18.1 Å². The van der Waals surface area contributed by atoms with Crippen LogP contribution < -0.4 is 10.6 Å². The van der Waals surface area contributed by atoms with Crippen molar-refractivity contribution < 1.29 is 4.79 Å². The predicted molar refractivity (Wildman–Crippen MR) is 66.2 cm³/mol. The van der Waals surface area contributed by atoms with Gasteiger partial charge in [0.05, 0.1) is 6.04 Å². The second-order valence-corrected chi connectivity index (χ2v) is 5.85. The molecule has 1 heterocycles. The van der Waals surface area contributed by atoms with Crippen LogP contribution in [-0.4, -0.2) is 35.5 Å². The zero-order valence-corrected chi connectivity index (χ0v) is 10.7. The first kappa shape index (κ1) is 12.8. The van der Waals surface area contributed by atoms with E-state index in [2.05, 4.69) is 31.4 Å². The minimum absolute atomic E-state index is 0.000110. The van der Waals surface area contributed by atoms with Gasteiger partial charge in [0.1, 0.15) is 0 Å². The Morgan fingerprint density at radius 3 is 2.87 bits per heavy atom. The molecule has 1 atom stereocenters. The molecule has 0 aliphatic carbocycles. The normalized spacial score (nSPS) is 22.5. The minimum Gasteiger partial charge on any atom is -0.350 e. The molecule has 1 aliphatic heterocycles. The van der Waals surface area contributed by atoms with E-state index in [4.69, 9.17) is 0 Å². The van der Waals surface area contributed by atoms with Crippen molar-refractivity contribution in [3.05, 3.63) is 0 Å². The predicted octanol–water partition coefficient (Wildman–Crippen LogP) is 1.39. The fourth-order valence-electron chi connectivity index (χ4n) is 1.84. The van der Waals surface area contributed by atoms with E-state index in [0.717, 1.165) is 30.9 Å². The van der Waals surface area contributed by atoms with Gasteiger partial charge in [0.2, 0.25) is 5.91 Å². The molecule has 2 N–H and O–H groups in total. The van der Waals surface area contributed by atoms with Gasteiger partial charge in [-0.05, 0) is 20.3 Å². The number of rotatable bonds is 4. The summed E-state index contributed by atoms with van der Waals surface area (Å²) in [7, 11) is 0. The summed E-state index contributed by atoms with van der Waals surface area (Å²) in [6.45, 7) is 7.26. The zero-order chi connectivity index (χ0) is 11.3. The molecule has 1 saturated heterocycles. The number of nitrogens with one attached hydrogen (secondary N) is 2. The number of carbonyl (C=O) groups is 1. The molecule has 1 fully saturated rings. The molecular weight excluding hydrogens is 208 g/mol. The molecule has 0 saturated carbocycles. The molecule has 1 rings (SSSR count). The SMILES string of the molecule is CCCC(C)(C)NC(=O)C1CSCCN1. The van der Waals surface area contributed by atoms with Crippen LogP contribution in [0.15, 0.2) is 0 Å². The van der Waals surface area contributed by atoms with E-state index in [1.165, 1.54) is 0 Å². The minimum atomic E-state index is -0.0738. The van der Waals surface area contributed by atoms with Crippen molar-refractivity contribution in [3.8, 4) is 0 Å². The highest BCUT2D eigenvalue weighted by Gasteiger charge is 2.26. The summed E-state index contributed by atoms with van der Waals surface area (Å²) in [5.74, 6) is 2.16. The summed E-state index contributed by atoms with van der Waals surface area (Å²) >= 11 is 1.85. The Labute approximate surface area is 96.8 Å². The highest BCUT2D eigenvalue weighted by atomic mass is 32.2. The lowest BCUT2D eigenvalue weighted by Crippen LogP contribution is -2.54. The summed E-state index contributed by atoms with van der Waals surface area (Å²) in [6.07, 6.45) is 2.12. The van der Waals surface area contributed by atoms with Crippen LogP contribution in [0.5, 0.6) is 0 Å². The lowest BCUT2D eigenvalue weighted by Gasteiger charge is -2.30. The molecule has 1 aliphatic rings. The first-order chi connectivity index (χ1) is 7.05. The molecule has 0 spiro atoms. The molecule has 4 heteroatoms. The van der Waals surface area contributed by atoms with Gasteiger partial charge in [-0.2, -0.15) is 11.8 Å². The summed E-state index contributed by atoms with van der Waals surface area (Å²) in [6, 6.07) is -0.000110. The molecule has 88 valence electrons. The molecule has 0 aromatic rings. The van der Waals surface area contributed by atoms with E-state index in [1.54, 1.807) is 0 Å². The maximum atomic E-state index is 11.9. The summed E-state index contributed by atoms with van der Waals surface area (Å²) in [5.41, 5.74) is -0.0738. The number of amides is 1. The van der Waals surface area contributed by atoms with Gasteiger partial charge in [0.25, 0.3) is 0 Å². The highest BCUT2D eigenvalue weighted by molar-refractivity contribution is 7.99.